The van der Waals surface area contributed by atoms with Crippen molar-refractivity contribution in [3.05, 3.63) is 51.2 Å². The van der Waals surface area contributed by atoms with Gasteiger partial charge in [0.25, 0.3) is 0 Å². The van der Waals surface area contributed by atoms with Gasteiger partial charge in [-0.05, 0) is 48.1 Å². The molecule has 0 unspecified atom stereocenters. The monoisotopic (exact) mass is 290 g/mol. The smallest absolute Gasteiger partial charge is 0.202 e. The maximum Gasteiger partial charge on any atom is 0.202 e. The summed E-state index contributed by atoms with van der Waals surface area (Å²) >= 11 is 3.60. The summed E-state index contributed by atoms with van der Waals surface area (Å²) in [7, 11) is 1.63. The van der Waals surface area contributed by atoms with Crippen molar-refractivity contribution in [1.29, 1.82) is 0 Å². The molecule has 1 aromatic carbocycles. The summed E-state index contributed by atoms with van der Waals surface area (Å²) in [6.07, 6.45) is 1.10. The van der Waals surface area contributed by atoms with Crippen LogP contribution in [0.4, 0.5) is 0 Å². The molecule has 0 aliphatic carbocycles. The van der Waals surface area contributed by atoms with E-state index in [1.165, 1.54) is 16.2 Å². The zero-order valence-electron chi connectivity index (χ0n) is 10.6. The number of fused-ring (bicyclic) bond motifs is 1. The van der Waals surface area contributed by atoms with E-state index >= 15 is 0 Å². The van der Waals surface area contributed by atoms with Crippen molar-refractivity contribution in [2.24, 2.45) is 0 Å². The van der Waals surface area contributed by atoms with Gasteiger partial charge in [-0.2, -0.15) is 11.8 Å². The summed E-state index contributed by atoms with van der Waals surface area (Å²) in [5.74, 6) is 3.11. The van der Waals surface area contributed by atoms with Crippen molar-refractivity contribution in [2.75, 3.05) is 12.9 Å². The van der Waals surface area contributed by atoms with Gasteiger partial charge in [0.15, 0.2) is 0 Å². The highest BCUT2D eigenvalue weighted by atomic mass is 32.2. The number of methoxy groups -OCH3 is 1. The number of benzene rings is 1. The molecule has 1 aliphatic rings. The van der Waals surface area contributed by atoms with Crippen molar-refractivity contribution < 1.29 is 9.53 Å². The molecular formula is C15H14O2S2. The third kappa shape index (κ3) is 2.55. The van der Waals surface area contributed by atoms with Crippen LogP contribution in [0.25, 0.3) is 0 Å². The summed E-state index contributed by atoms with van der Waals surface area (Å²) in [6, 6.07) is 9.38. The lowest BCUT2D eigenvalue weighted by Crippen LogP contribution is -1.98. The molecule has 0 N–H and O–H groups in total. The Morgan fingerprint density at radius 2 is 2.05 bits per heavy atom. The molecule has 4 heteroatoms. The van der Waals surface area contributed by atoms with Gasteiger partial charge in [-0.3, -0.25) is 4.79 Å². The first kappa shape index (κ1) is 12.8. The molecule has 1 aliphatic heterocycles. The van der Waals surface area contributed by atoms with Gasteiger partial charge in [0.2, 0.25) is 5.78 Å². The summed E-state index contributed by atoms with van der Waals surface area (Å²) in [6.45, 7) is 0. The van der Waals surface area contributed by atoms with Gasteiger partial charge >= 0.3 is 0 Å². The fourth-order valence-electron chi connectivity index (χ4n) is 2.14. The molecule has 2 heterocycles. The lowest BCUT2D eigenvalue weighted by Gasteiger charge is -2.08. The van der Waals surface area contributed by atoms with E-state index in [1.807, 2.05) is 36.0 Å². The molecule has 19 heavy (non-hydrogen) atoms. The molecule has 0 spiro atoms. The van der Waals surface area contributed by atoms with Gasteiger partial charge < -0.3 is 4.74 Å². The van der Waals surface area contributed by atoms with E-state index in [9.17, 15) is 4.79 Å². The van der Waals surface area contributed by atoms with E-state index in [4.69, 9.17) is 4.74 Å². The van der Waals surface area contributed by atoms with Crippen LogP contribution in [-0.4, -0.2) is 18.6 Å². The fraction of sp³-hybridized carbons (Fsp3) is 0.267. The van der Waals surface area contributed by atoms with Gasteiger partial charge in [-0.15, -0.1) is 11.3 Å². The number of hydrogen-bond acceptors (Lipinski definition) is 4. The second-order valence-electron chi connectivity index (χ2n) is 4.42. The Balaban J connectivity index is 1.88. The van der Waals surface area contributed by atoms with E-state index in [0.717, 1.165) is 28.4 Å². The van der Waals surface area contributed by atoms with Gasteiger partial charge in [0, 0.05) is 16.2 Å². The lowest BCUT2D eigenvalue weighted by molar-refractivity contribution is 0.104. The van der Waals surface area contributed by atoms with Crippen molar-refractivity contribution in [2.45, 2.75) is 12.2 Å². The predicted molar refractivity (Wildman–Crippen MR) is 80.6 cm³/mol. The Morgan fingerprint density at radius 1 is 1.26 bits per heavy atom. The average Bonchev–Trinajstić information content (AvgIpc) is 2.90. The van der Waals surface area contributed by atoms with E-state index in [2.05, 4.69) is 6.07 Å². The van der Waals surface area contributed by atoms with Crippen LogP contribution in [0.1, 0.15) is 25.7 Å². The highest BCUT2D eigenvalue weighted by molar-refractivity contribution is 7.98. The van der Waals surface area contributed by atoms with E-state index in [-0.39, 0.29) is 5.78 Å². The van der Waals surface area contributed by atoms with Crippen molar-refractivity contribution in [3.63, 3.8) is 0 Å². The van der Waals surface area contributed by atoms with E-state index < -0.39 is 0 Å². The zero-order valence-corrected chi connectivity index (χ0v) is 12.3. The van der Waals surface area contributed by atoms with Crippen molar-refractivity contribution >= 4 is 28.9 Å². The van der Waals surface area contributed by atoms with Crippen LogP contribution in [0, 0.1) is 0 Å². The minimum absolute atomic E-state index is 0.118. The zero-order chi connectivity index (χ0) is 13.2. The molecule has 0 saturated carbocycles. The first-order valence-electron chi connectivity index (χ1n) is 6.16. The van der Waals surface area contributed by atoms with Crippen LogP contribution in [-0.2, 0) is 12.2 Å². The fourth-order valence-corrected chi connectivity index (χ4v) is 4.48. The number of aryl methyl sites for hydroxylation is 1. The summed E-state index contributed by atoms with van der Waals surface area (Å²) < 4.78 is 5.11. The molecule has 0 radical (unpaired) electrons. The van der Waals surface area contributed by atoms with Crippen LogP contribution in [0.5, 0.6) is 5.75 Å². The number of rotatable bonds is 3. The molecule has 2 aromatic rings. The molecule has 0 atom stereocenters. The third-order valence-corrected chi connectivity index (χ3v) is 5.45. The third-order valence-electron chi connectivity index (χ3n) is 3.20. The standard InChI is InChI=1S/C15H14O2S2/c1-17-12-4-2-10(3-5-12)15(16)14-8-11-9-18-7-6-13(11)19-14/h2-5,8H,6-7,9H2,1H3. The number of carbonyl (C=O) groups excluding carboxylic acids is 1. The minimum Gasteiger partial charge on any atom is -0.497 e. The number of ketones is 1. The molecule has 3 rings (SSSR count). The Hall–Kier alpha value is -1.26. The molecule has 0 amide bonds. The maximum atomic E-state index is 12.4. The summed E-state index contributed by atoms with van der Waals surface area (Å²) in [4.78, 5) is 14.7. The molecular weight excluding hydrogens is 276 g/mol. The van der Waals surface area contributed by atoms with Crippen LogP contribution in [0.15, 0.2) is 30.3 Å². The van der Waals surface area contributed by atoms with Gasteiger partial charge in [-0.1, -0.05) is 0 Å². The molecule has 2 nitrogen and oxygen atoms in total. The number of ether oxygens (including phenoxy) is 1. The quantitative estimate of drug-likeness (QED) is 0.805. The van der Waals surface area contributed by atoms with Crippen molar-refractivity contribution in [1.82, 2.24) is 0 Å². The second kappa shape index (κ2) is 5.39. The molecule has 1 aromatic heterocycles. The van der Waals surface area contributed by atoms with Gasteiger partial charge in [0.05, 0.1) is 12.0 Å². The van der Waals surface area contributed by atoms with Crippen LogP contribution < -0.4 is 4.74 Å². The van der Waals surface area contributed by atoms with E-state index in [1.54, 1.807) is 18.4 Å². The summed E-state index contributed by atoms with van der Waals surface area (Å²) in [5.41, 5.74) is 2.07. The predicted octanol–water partition coefficient (Wildman–Crippen LogP) is 3.78. The van der Waals surface area contributed by atoms with Crippen LogP contribution >= 0.6 is 23.1 Å². The summed E-state index contributed by atoms with van der Waals surface area (Å²) in [5, 5.41) is 0. The Kier molecular flexibility index (Phi) is 3.62. The molecule has 0 saturated heterocycles. The SMILES string of the molecule is COc1ccc(C(=O)c2cc3c(s2)CCSC3)cc1. The Morgan fingerprint density at radius 3 is 2.74 bits per heavy atom. The normalized spacial score (nSPS) is 13.9. The lowest BCUT2D eigenvalue weighted by atomic mass is 10.1. The average molecular weight is 290 g/mol. The maximum absolute atomic E-state index is 12.4. The van der Waals surface area contributed by atoms with E-state index in [0.29, 0.717) is 0 Å². The number of hydrogen-bond donors (Lipinski definition) is 0. The van der Waals surface area contributed by atoms with Crippen LogP contribution in [0.2, 0.25) is 0 Å². The Bertz CT molecular complexity index is 576. The Labute approximate surface area is 120 Å². The number of carbonyl (C=O) groups is 1. The van der Waals surface area contributed by atoms with Crippen molar-refractivity contribution in [3.8, 4) is 5.75 Å². The topological polar surface area (TPSA) is 26.3 Å². The first-order valence-corrected chi connectivity index (χ1v) is 8.13. The van der Waals surface area contributed by atoms with Gasteiger partial charge in [-0.25, -0.2) is 0 Å². The highest BCUT2D eigenvalue weighted by Crippen LogP contribution is 2.32. The highest BCUT2D eigenvalue weighted by Gasteiger charge is 2.18. The molecule has 0 bridgehead atoms. The van der Waals surface area contributed by atoms with Crippen LogP contribution in [0.3, 0.4) is 0 Å². The number of thioether (sulfide) groups is 1. The molecule has 98 valence electrons. The second-order valence-corrected chi connectivity index (χ2v) is 6.66. The molecule has 0 fully saturated rings. The largest absolute Gasteiger partial charge is 0.497 e. The minimum atomic E-state index is 0.118. The van der Waals surface area contributed by atoms with Gasteiger partial charge in [0.1, 0.15) is 5.75 Å². The number of thiophene rings is 1. The first-order chi connectivity index (χ1) is 9.28.